The topological polar surface area (TPSA) is 63.2 Å². The van der Waals surface area contributed by atoms with E-state index in [1.807, 2.05) is 0 Å². The number of hydrogen-bond donors (Lipinski definition) is 0. The van der Waals surface area contributed by atoms with Crippen molar-refractivity contribution in [2.24, 2.45) is 0 Å². The molecule has 0 spiro atoms. The summed E-state index contributed by atoms with van der Waals surface area (Å²) < 4.78 is 25.3. The van der Waals surface area contributed by atoms with E-state index in [1.54, 1.807) is 0 Å². The van der Waals surface area contributed by atoms with Gasteiger partial charge in [0, 0.05) is 17.1 Å². The van der Waals surface area contributed by atoms with Crippen LogP contribution in [0.15, 0.2) is 0 Å². The normalized spacial score (nSPS) is 7.00. The molecule has 0 aliphatic carbocycles. The van der Waals surface area contributed by atoms with Crippen molar-refractivity contribution < 1.29 is 30.4 Å². The Morgan fingerprint density at radius 3 is 1.40 bits per heavy atom. The summed E-state index contributed by atoms with van der Waals surface area (Å²) in [7, 11) is 0. The van der Waals surface area contributed by atoms with Gasteiger partial charge in [-0.1, -0.05) is 0 Å². The van der Waals surface area contributed by atoms with Crippen LogP contribution < -0.4 is 0 Å². The van der Waals surface area contributed by atoms with Crippen LogP contribution in [-0.2, 0) is 28.4 Å². The maximum atomic E-state index is 8.44. The molecule has 0 heterocycles. The molecule has 3 nitrogen and oxygen atoms in total. The standard InChI is InChI=1S/Fe.H2O3S/c;1-4(2)3/h;(H2,1,2,3)/p-2. The Balaban J connectivity index is 0. The maximum absolute atomic E-state index is 8.44. The average Bonchev–Trinajstić information content (AvgIpc) is 0.811. The number of rotatable bonds is 0. The van der Waals surface area contributed by atoms with Gasteiger partial charge in [-0.15, -0.1) is 11.4 Å². The molecule has 0 aromatic carbocycles. The van der Waals surface area contributed by atoms with Gasteiger partial charge in [0.2, 0.25) is 0 Å². The first kappa shape index (κ1) is 9.14. The van der Waals surface area contributed by atoms with E-state index in [1.165, 1.54) is 0 Å². The van der Waals surface area contributed by atoms with Crippen molar-refractivity contribution in [3.05, 3.63) is 0 Å². The second kappa shape index (κ2) is 4.59. The zero-order valence-electron chi connectivity index (χ0n) is 1.99. The smallest absolute Gasteiger partial charge is 0 e. The van der Waals surface area contributed by atoms with Crippen LogP contribution in [0.5, 0.6) is 0 Å². The molecule has 0 unspecified atom stereocenters. The summed E-state index contributed by atoms with van der Waals surface area (Å²) in [5.74, 6) is 0. The third-order valence-corrected chi connectivity index (χ3v) is 0. The average molecular weight is 136 g/mol. The molecule has 0 saturated carbocycles. The monoisotopic (exact) mass is 136 g/mol. The van der Waals surface area contributed by atoms with Crippen LogP contribution in [-0.4, -0.2) is 13.3 Å². The van der Waals surface area contributed by atoms with Crippen molar-refractivity contribution in [3.63, 3.8) is 0 Å². The van der Waals surface area contributed by atoms with Crippen LogP contribution in [0.25, 0.3) is 0 Å². The van der Waals surface area contributed by atoms with E-state index >= 15 is 0 Å². The van der Waals surface area contributed by atoms with E-state index in [2.05, 4.69) is 0 Å². The third kappa shape index (κ3) is 88.6. The summed E-state index contributed by atoms with van der Waals surface area (Å²) in [4.78, 5) is 0. The summed E-state index contributed by atoms with van der Waals surface area (Å²) in [5.41, 5.74) is 0. The molecule has 0 N–H and O–H groups in total. The van der Waals surface area contributed by atoms with Crippen LogP contribution in [0.2, 0.25) is 0 Å². The van der Waals surface area contributed by atoms with Gasteiger partial charge < -0.3 is 9.11 Å². The van der Waals surface area contributed by atoms with Crippen LogP contribution in [0.4, 0.5) is 0 Å². The number of hydrogen-bond acceptors (Lipinski definition) is 3. The molecule has 0 atom stereocenters. The molecule has 5 heteroatoms. The molecular formula is FeO3S-2. The maximum Gasteiger partial charge on any atom is 0 e. The predicted octanol–water partition coefficient (Wildman–Crippen LogP) is -1.01. The van der Waals surface area contributed by atoms with Crippen molar-refractivity contribution in [3.8, 4) is 0 Å². The fourth-order valence-corrected chi connectivity index (χ4v) is 0. The summed E-state index contributed by atoms with van der Waals surface area (Å²) in [6, 6.07) is 0. The molecule has 0 amide bonds. The van der Waals surface area contributed by atoms with Gasteiger partial charge in [0.05, 0.1) is 0 Å². The molecule has 0 aliphatic heterocycles. The van der Waals surface area contributed by atoms with Gasteiger partial charge in [0.1, 0.15) is 0 Å². The van der Waals surface area contributed by atoms with Crippen LogP contribution >= 0.6 is 0 Å². The largest absolute Gasteiger partial charge is 0.784 e. The molecule has 0 aromatic heterocycles. The summed E-state index contributed by atoms with van der Waals surface area (Å²) in [5, 5.41) is 0. The van der Waals surface area contributed by atoms with Gasteiger partial charge in [-0.05, 0) is 0 Å². The molecule has 5 heavy (non-hydrogen) atoms. The quantitative estimate of drug-likeness (QED) is 0.316. The summed E-state index contributed by atoms with van der Waals surface area (Å²) in [6.07, 6.45) is 0. The van der Waals surface area contributed by atoms with E-state index in [4.69, 9.17) is 13.3 Å². The fourth-order valence-electron chi connectivity index (χ4n) is 0. The molecule has 0 radical (unpaired) electrons. The van der Waals surface area contributed by atoms with E-state index in [0.717, 1.165) is 0 Å². The Kier molecular flexibility index (Phi) is 8.39. The van der Waals surface area contributed by atoms with Gasteiger partial charge in [-0.3, -0.25) is 4.21 Å². The van der Waals surface area contributed by atoms with Crippen molar-refractivity contribution in [1.29, 1.82) is 0 Å². The van der Waals surface area contributed by atoms with Gasteiger partial charge in [0.25, 0.3) is 0 Å². The SMILES string of the molecule is O=S([O-])[O-].[Fe]. The van der Waals surface area contributed by atoms with Gasteiger partial charge in [-0.25, -0.2) is 0 Å². The summed E-state index contributed by atoms with van der Waals surface area (Å²) >= 11 is -3.11. The predicted molar refractivity (Wildman–Crippen MR) is 9.70 cm³/mol. The minimum Gasteiger partial charge on any atom is -0.784 e. The minimum absolute atomic E-state index is 0. The molecule has 0 bridgehead atoms. The van der Waals surface area contributed by atoms with Gasteiger partial charge >= 0.3 is 0 Å². The van der Waals surface area contributed by atoms with Crippen LogP contribution in [0.3, 0.4) is 0 Å². The first-order valence-electron chi connectivity index (χ1n) is 0.500. The van der Waals surface area contributed by atoms with Gasteiger partial charge in [-0.2, -0.15) is 0 Å². The van der Waals surface area contributed by atoms with Crippen molar-refractivity contribution >= 4 is 11.4 Å². The first-order chi connectivity index (χ1) is 1.73. The Morgan fingerprint density at radius 1 is 1.40 bits per heavy atom. The Labute approximate surface area is 42.4 Å². The molecule has 0 rings (SSSR count). The zero-order chi connectivity index (χ0) is 3.58. The zero-order valence-corrected chi connectivity index (χ0v) is 3.91. The van der Waals surface area contributed by atoms with Crippen molar-refractivity contribution in [1.82, 2.24) is 0 Å². The minimum atomic E-state index is -3.11. The fraction of sp³-hybridized carbons (Fsp3) is 0. The first-order valence-corrected chi connectivity index (χ1v) is 1.50. The van der Waals surface area contributed by atoms with Crippen LogP contribution in [0, 0.1) is 0 Å². The molecule has 34 valence electrons. The summed E-state index contributed by atoms with van der Waals surface area (Å²) in [6.45, 7) is 0. The van der Waals surface area contributed by atoms with E-state index in [0.29, 0.717) is 0 Å². The Hall–Kier alpha value is 0.589. The second-order valence-corrected chi connectivity index (χ2v) is 0.612. The van der Waals surface area contributed by atoms with E-state index in [-0.39, 0.29) is 17.1 Å². The van der Waals surface area contributed by atoms with Crippen LogP contribution in [0.1, 0.15) is 0 Å². The molecular weight excluding hydrogens is 136 g/mol. The Morgan fingerprint density at radius 2 is 1.40 bits per heavy atom. The molecule has 0 aliphatic rings. The van der Waals surface area contributed by atoms with E-state index in [9.17, 15) is 0 Å². The Bertz CT molecular complexity index is 29.9. The molecule has 0 fully saturated rings. The third-order valence-electron chi connectivity index (χ3n) is 0. The van der Waals surface area contributed by atoms with Gasteiger partial charge in [0.15, 0.2) is 0 Å². The van der Waals surface area contributed by atoms with E-state index < -0.39 is 11.4 Å². The molecule has 0 saturated heterocycles. The van der Waals surface area contributed by atoms with Crippen molar-refractivity contribution in [2.45, 2.75) is 0 Å². The second-order valence-electron chi connectivity index (χ2n) is 0.204. The van der Waals surface area contributed by atoms with Crippen molar-refractivity contribution in [2.75, 3.05) is 0 Å². The molecule has 0 aromatic rings.